The summed E-state index contributed by atoms with van der Waals surface area (Å²) in [5, 5.41) is 10.1. The maximum Gasteiger partial charge on any atom is 0.220 e. The number of benzene rings is 1. The topological polar surface area (TPSA) is 86.5 Å². The number of nitrogens with one attached hydrogen (secondary N) is 3. The number of rotatable bonds is 5. The average Bonchev–Trinajstić information content (AvgIpc) is 3.09. The third kappa shape index (κ3) is 3.26. The van der Waals surface area contributed by atoms with E-state index in [1.807, 2.05) is 45.0 Å². The van der Waals surface area contributed by atoms with Gasteiger partial charge in [0.25, 0.3) is 0 Å². The second-order valence-electron chi connectivity index (χ2n) is 5.84. The van der Waals surface area contributed by atoms with Crippen LogP contribution in [0.2, 0.25) is 0 Å². The van der Waals surface area contributed by atoms with Gasteiger partial charge in [-0.05, 0) is 44.9 Å². The van der Waals surface area contributed by atoms with Crippen molar-refractivity contribution in [2.75, 3.05) is 0 Å². The molecule has 0 spiro atoms. The molecule has 2 aromatic heterocycles. The maximum absolute atomic E-state index is 12.2. The van der Waals surface area contributed by atoms with Gasteiger partial charge in [-0.1, -0.05) is 12.1 Å². The second-order valence-corrected chi connectivity index (χ2v) is 5.84. The Kier molecular flexibility index (Phi) is 4.14. The summed E-state index contributed by atoms with van der Waals surface area (Å²) >= 11 is 0. The summed E-state index contributed by atoms with van der Waals surface area (Å²) in [7, 11) is 0. The molecule has 0 saturated carbocycles. The monoisotopic (exact) mass is 311 g/mol. The molecule has 1 amide bonds. The minimum Gasteiger partial charge on any atom is -0.346 e. The lowest BCUT2D eigenvalue weighted by Gasteiger charge is -2.11. The van der Waals surface area contributed by atoms with E-state index >= 15 is 0 Å². The number of carbonyl (C=O) groups excluding carboxylic acids is 1. The number of para-hydroxylation sites is 2. The van der Waals surface area contributed by atoms with Gasteiger partial charge < -0.3 is 10.3 Å². The Morgan fingerprint density at radius 3 is 2.78 bits per heavy atom. The van der Waals surface area contributed by atoms with Crippen LogP contribution in [-0.2, 0) is 11.2 Å². The number of H-pyrrole nitrogens is 2. The molecule has 120 valence electrons. The molecule has 6 heteroatoms. The Bertz CT molecular complexity index is 780. The predicted octanol–water partition coefficient (Wildman–Crippen LogP) is 2.71. The zero-order valence-electron chi connectivity index (χ0n) is 13.6. The molecule has 3 aromatic rings. The number of imidazole rings is 1. The van der Waals surface area contributed by atoms with Gasteiger partial charge in [0.15, 0.2) is 0 Å². The molecular formula is C17H21N5O. The molecule has 0 fully saturated rings. The van der Waals surface area contributed by atoms with E-state index in [-0.39, 0.29) is 11.9 Å². The number of hydrogen-bond donors (Lipinski definition) is 3. The van der Waals surface area contributed by atoms with Crippen molar-refractivity contribution in [1.29, 1.82) is 0 Å². The molecular weight excluding hydrogens is 290 g/mol. The molecule has 0 unspecified atom stereocenters. The summed E-state index contributed by atoms with van der Waals surface area (Å²) < 4.78 is 0. The van der Waals surface area contributed by atoms with Gasteiger partial charge in [-0.15, -0.1) is 0 Å². The van der Waals surface area contributed by atoms with Crippen molar-refractivity contribution >= 4 is 16.9 Å². The van der Waals surface area contributed by atoms with Gasteiger partial charge in [-0.3, -0.25) is 9.89 Å². The summed E-state index contributed by atoms with van der Waals surface area (Å²) in [5.74, 6) is 0.785. The first-order chi connectivity index (χ1) is 11.0. The Hall–Kier alpha value is -2.63. The van der Waals surface area contributed by atoms with Crippen LogP contribution in [0.5, 0.6) is 0 Å². The first-order valence-corrected chi connectivity index (χ1v) is 7.79. The Morgan fingerprint density at radius 2 is 2.09 bits per heavy atom. The molecule has 6 nitrogen and oxygen atoms in total. The fourth-order valence-corrected chi connectivity index (χ4v) is 2.74. The highest BCUT2D eigenvalue weighted by Gasteiger charge is 2.14. The number of carbonyl (C=O) groups is 1. The molecule has 3 N–H and O–H groups in total. The molecule has 0 aliphatic carbocycles. The van der Waals surface area contributed by atoms with Crippen LogP contribution in [0.4, 0.5) is 0 Å². The van der Waals surface area contributed by atoms with Gasteiger partial charge in [-0.2, -0.15) is 5.10 Å². The van der Waals surface area contributed by atoms with Crippen molar-refractivity contribution < 1.29 is 4.79 Å². The minimum absolute atomic E-state index is 0.0120. The first kappa shape index (κ1) is 15.3. The quantitative estimate of drug-likeness (QED) is 0.677. The van der Waals surface area contributed by atoms with Crippen LogP contribution in [0.15, 0.2) is 24.3 Å². The Morgan fingerprint density at radius 1 is 1.30 bits per heavy atom. The van der Waals surface area contributed by atoms with E-state index in [1.165, 1.54) is 0 Å². The van der Waals surface area contributed by atoms with Crippen LogP contribution in [-0.4, -0.2) is 26.1 Å². The predicted molar refractivity (Wildman–Crippen MR) is 89.0 cm³/mol. The average molecular weight is 311 g/mol. The van der Waals surface area contributed by atoms with Crippen LogP contribution in [0.25, 0.3) is 11.0 Å². The largest absolute Gasteiger partial charge is 0.346 e. The van der Waals surface area contributed by atoms with Crippen molar-refractivity contribution in [3.8, 4) is 0 Å². The van der Waals surface area contributed by atoms with Crippen molar-refractivity contribution in [1.82, 2.24) is 25.5 Å². The maximum atomic E-state index is 12.2. The summed E-state index contributed by atoms with van der Waals surface area (Å²) in [5.41, 5.74) is 5.00. The van der Waals surface area contributed by atoms with Crippen molar-refractivity contribution in [2.45, 2.75) is 39.7 Å². The second kappa shape index (κ2) is 6.24. The molecule has 23 heavy (non-hydrogen) atoms. The van der Waals surface area contributed by atoms with Gasteiger partial charge in [0.1, 0.15) is 5.82 Å². The van der Waals surface area contributed by atoms with Gasteiger partial charge >= 0.3 is 0 Å². The minimum atomic E-state index is -0.151. The zero-order valence-corrected chi connectivity index (χ0v) is 13.6. The van der Waals surface area contributed by atoms with Gasteiger partial charge in [0, 0.05) is 12.1 Å². The van der Waals surface area contributed by atoms with Crippen molar-refractivity contribution in [3.05, 3.63) is 47.0 Å². The molecule has 3 rings (SSSR count). The third-order valence-electron chi connectivity index (χ3n) is 4.08. The number of amides is 1. The van der Waals surface area contributed by atoms with Crippen LogP contribution in [0.1, 0.15) is 42.2 Å². The summed E-state index contributed by atoms with van der Waals surface area (Å²) in [6, 6.07) is 7.69. The van der Waals surface area contributed by atoms with Gasteiger partial charge in [0.05, 0.1) is 22.8 Å². The molecule has 1 atom stereocenters. The summed E-state index contributed by atoms with van der Waals surface area (Å²) in [6.45, 7) is 5.86. The smallest absolute Gasteiger partial charge is 0.220 e. The normalized spacial score (nSPS) is 12.5. The van der Waals surface area contributed by atoms with Gasteiger partial charge in [-0.25, -0.2) is 4.98 Å². The highest BCUT2D eigenvalue weighted by molar-refractivity contribution is 5.77. The van der Waals surface area contributed by atoms with E-state index in [1.54, 1.807) is 0 Å². The molecule has 0 aliphatic rings. The van der Waals surface area contributed by atoms with Crippen LogP contribution in [0.3, 0.4) is 0 Å². The number of nitrogens with zero attached hydrogens (tertiary/aromatic N) is 2. The molecule has 0 radical (unpaired) electrons. The lowest BCUT2D eigenvalue weighted by molar-refractivity contribution is -0.121. The van der Waals surface area contributed by atoms with Crippen molar-refractivity contribution in [2.24, 2.45) is 0 Å². The van der Waals surface area contributed by atoms with E-state index in [0.717, 1.165) is 33.8 Å². The lowest BCUT2D eigenvalue weighted by atomic mass is 10.1. The Balaban J connectivity index is 1.61. The summed E-state index contributed by atoms with van der Waals surface area (Å²) in [6.07, 6.45) is 1.12. The van der Waals surface area contributed by atoms with E-state index in [9.17, 15) is 4.79 Å². The SMILES string of the molecule is Cc1n[nH]c(C)c1CCC(=O)N[C@H](C)c1nc2ccccc2[nH]1. The number of aryl methyl sites for hydroxylation is 2. The highest BCUT2D eigenvalue weighted by atomic mass is 16.1. The number of aromatic amines is 2. The molecule has 1 aromatic carbocycles. The fourth-order valence-electron chi connectivity index (χ4n) is 2.74. The van der Waals surface area contributed by atoms with Crippen molar-refractivity contribution in [3.63, 3.8) is 0 Å². The van der Waals surface area contributed by atoms with Crippen LogP contribution in [0, 0.1) is 13.8 Å². The number of fused-ring (bicyclic) bond motifs is 1. The van der Waals surface area contributed by atoms with Crippen LogP contribution >= 0.6 is 0 Å². The van der Waals surface area contributed by atoms with E-state index in [0.29, 0.717) is 12.8 Å². The molecule has 0 saturated heterocycles. The van der Waals surface area contributed by atoms with E-state index in [4.69, 9.17) is 0 Å². The standard InChI is InChI=1S/C17H21N5O/c1-10-13(11(2)22-21-10)8-9-16(23)18-12(3)17-19-14-6-4-5-7-15(14)20-17/h4-7,12H,8-9H2,1-3H3,(H,18,23)(H,19,20)(H,21,22)/t12-/m1/s1. The highest BCUT2D eigenvalue weighted by Crippen LogP contribution is 2.16. The third-order valence-corrected chi connectivity index (χ3v) is 4.08. The van der Waals surface area contributed by atoms with Crippen LogP contribution < -0.4 is 5.32 Å². The first-order valence-electron chi connectivity index (χ1n) is 7.79. The zero-order chi connectivity index (χ0) is 16.4. The molecule has 2 heterocycles. The fraction of sp³-hybridized carbons (Fsp3) is 0.353. The molecule has 0 bridgehead atoms. The van der Waals surface area contributed by atoms with E-state index in [2.05, 4.69) is 25.5 Å². The lowest BCUT2D eigenvalue weighted by Crippen LogP contribution is -2.27. The van der Waals surface area contributed by atoms with Gasteiger partial charge in [0.2, 0.25) is 5.91 Å². The number of aromatic nitrogens is 4. The molecule has 0 aliphatic heterocycles. The number of hydrogen-bond acceptors (Lipinski definition) is 3. The summed E-state index contributed by atoms with van der Waals surface area (Å²) in [4.78, 5) is 19.9. The van der Waals surface area contributed by atoms with E-state index < -0.39 is 0 Å². The Labute approximate surface area is 134 Å².